The lowest BCUT2D eigenvalue weighted by Gasteiger charge is -2.22. The molecule has 1 aliphatic rings. The fourth-order valence-electron chi connectivity index (χ4n) is 3.37. The van der Waals surface area contributed by atoms with Gasteiger partial charge in [0.05, 0.1) is 22.5 Å². The molecular formula is C25H19Br2NO2. The maximum Gasteiger partial charge on any atom is 0.262 e. The van der Waals surface area contributed by atoms with Gasteiger partial charge in [-0.3, -0.25) is 9.69 Å². The second-order valence-electron chi connectivity index (χ2n) is 6.71. The number of halogens is 2. The second kappa shape index (κ2) is 9.02. The largest absolute Gasteiger partial charge is 0.493 e. The Labute approximate surface area is 192 Å². The van der Waals surface area contributed by atoms with Crippen LogP contribution < -0.4 is 9.64 Å². The van der Waals surface area contributed by atoms with Crippen molar-refractivity contribution in [1.29, 1.82) is 0 Å². The first-order chi connectivity index (χ1) is 14.6. The van der Waals surface area contributed by atoms with Crippen LogP contribution in [0.5, 0.6) is 5.75 Å². The molecule has 0 aromatic heterocycles. The Hall–Kier alpha value is -2.63. The van der Waals surface area contributed by atoms with Gasteiger partial charge in [0.2, 0.25) is 0 Å². The van der Waals surface area contributed by atoms with Gasteiger partial charge in [-0.05, 0) is 86.3 Å². The van der Waals surface area contributed by atoms with Crippen LogP contribution in [0.15, 0.2) is 93.4 Å². The number of nitrogens with zero attached hydrogens (tertiary/aromatic N) is 1. The first-order valence-corrected chi connectivity index (χ1v) is 11.2. The van der Waals surface area contributed by atoms with E-state index in [-0.39, 0.29) is 5.91 Å². The standard InChI is InChI=1S/C25H19Br2NO2/c1-2-30-24-13-12-17(15-21(24)27)14-19-16-23(18-8-4-3-5-9-18)28(25(19)29)22-11-7-6-10-20(22)26/h3-16H,2H2,1H3/b19-14+. The van der Waals surface area contributed by atoms with Crippen molar-refractivity contribution in [2.24, 2.45) is 0 Å². The molecule has 0 unspecified atom stereocenters. The lowest BCUT2D eigenvalue weighted by atomic mass is 10.1. The molecule has 3 nitrogen and oxygen atoms in total. The number of carbonyl (C=O) groups excluding carboxylic acids is 1. The van der Waals surface area contributed by atoms with E-state index < -0.39 is 0 Å². The van der Waals surface area contributed by atoms with Crippen molar-refractivity contribution >= 4 is 55.2 Å². The summed E-state index contributed by atoms with van der Waals surface area (Å²) in [4.78, 5) is 15.2. The Bertz CT molecular complexity index is 1150. The fourth-order valence-corrected chi connectivity index (χ4v) is 4.34. The number of amides is 1. The molecule has 4 rings (SSSR count). The Kier molecular flexibility index (Phi) is 6.21. The highest BCUT2D eigenvalue weighted by molar-refractivity contribution is 9.11. The molecule has 0 bridgehead atoms. The fraction of sp³-hybridized carbons (Fsp3) is 0.0800. The van der Waals surface area contributed by atoms with Crippen LogP contribution in [-0.4, -0.2) is 12.5 Å². The van der Waals surface area contributed by atoms with Crippen molar-refractivity contribution in [1.82, 2.24) is 0 Å². The van der Waals surface area contributed by atoms with Crippen LogP contribution in [0.3, 0.4) is 0 Å². The van der Waals surface area contributed by atoms with E-state index in [2.05, 4.69) is 31.9 Å². The summed E-state index contributed by atoms with van der Waals surface area (Å²) in [5.41, 5.74) is 4.20. The van der Waals surface area contributed by atoms with E-state index in [1.54, 1.807) is 4.90 Å². The molecule has 5 heteroatoms. The van der Waals surface area contributed by atoms with Crippen molar-refractivity contribution in [3.05, 3.63) is 105 Å². The van der Waals surface area contributed by atoms with Gasteiger partial charge in [-0.2, -0.15) is 0 Å². The quantitative estimate of drug-likeness (QED) is 0.334. The lowest BCUT2D eigenvalue weighted by molar-refractivity contribution is -0.113. The van der Waals surface area contributed by atoms with Crippen molar-refractivity contribution in [3.8, 4) is 5.75 Å². The number of carbonyl (C=O) groups is 1. The molecule has 0 radical (unpaired) electrons. The van der Waals surface area contributed by atoms with Gasteiger partial charge in [0.15, 0.2) is 0 Å². The zero-order valence-electron chi connectivity index (χ0n) is 16.3. The molecule has 1 amide bonds. The second-order valence-corrected chi connectivity index (χ2v) is 8.42. The average Bonchev–Trinajstić information content (AvgIpc) is 3.07. The summed E-state index contributed by atoms with van der Waals surface area (Å²) >= 11 is 7.14. The Morgan fingerprint density at radius 3 is 2.37 bits per heavy atom. The van der Waals surface area contributed by atoms with Crippen molar-refractivity contribution in [3.63, 3.8) is 0 Å². The van der Waals surface area contributed by atoms with Crippen LogP contribution in [-0.2, 0) is 4.79 Å². The minimum Gasteiger partial charge on any atom is -0.493 e. The van der Waals surface area contributed by atoms with Gasteiger partial charge in [-0.1, -0.05) is 48.5 Å². The number of para-hydroxylation sites is 1. The predicted octanol–water partition coefficient (Wildman–Crippen LogP) is 7.08. The van der Waals surface area contributed by atoms with Crippen LogP contribution in [0.2, 0.25) is 0 Å². The monoisotopic (exact) mass is 523 g/mol. The van der Waals surface area contributed by atoms with Crippen molar-refractivity contribution in [2.75, 3.05) is 11.5 Å². The van der Waals surface area contributed by atoms with Gasteiger partial charge in [-0.25, -0.2) is 0 Å². The summed E-state index contributed by atoms with van der Waals surface area (Å²) in [6.45, 7) is 2.55. The van der Waals surface area contributed by atoms with Gasteiger partial charge in [0, 0.05) is 10.0 Å². The molecule has 0 spiro atoms. The van der Waals surface area contributed by atoms with Gasteiger partial charge < -0.3 is 4.74 Å². The molecule has 1 aliphatic heterocycles. The maximum atomic E-state index is 13.4. The maximum absolute atomic E-state index is 13.4. The molecule has 3 aromatic carbocycles. The smallest absolute Gasteiger partial charge is 0.262 e. The van der Waals surface area contributed by atoms with Gasteiger partial charge >= 0.3 is 0 Å². The molecule has 150 valence electrons. The molecule has 0 saturated heterocycles. The Balaban J connectivity index is 1.79. The van der Waals surface area contributed by atoms with E-state index >= 15 is 0 Å². The third-order valence-corrected chi connectivity index (χ3v) is 6.01. The minimum atomic E-state index is -0.0641. The molecule has 0 N–H and O–H groups in total. The summed E-state index contributed by atoms with van der Waals surface area (Å²) in [5, 5.41) is 0. The topological polar surface area (TPSA) is 29.5 Å². The van der Waals surface area contributed by atoms with Gasteiger partial charge in [-0.15, -0.1) is 0 Å². The summed E-state index contributed by atoms with van der Waals surface area (Å²) in [7, 11) is 0. The lowest BCUT2D eigenvalue weighted by Crippen LogP contribution is -2.25. The van der Waals surface area contributed by atoms with Gasteiger partial charge in [0.1, 0.15) is 5.75 Å². The zero-order valence-corrected chi connectivity index (χ0v) is 19.5. The van der Waals surface area contributed by atoms with E-state index in [9.17, 15) is 4.79 Å². The minimum absolute atomic E-state index is 0.0641. The summed E-state index contributed by atoms with van der Waals surface area (Å²) in [6, 6.07) is 23.5. The van der Waals surface area contributed by atoms with Crippen LogP contribution in [0.1, 0.15) is 18.1 Å². The number of hydrogen-bond donors (Lipinski definition) is 0. The Morgan fingerprint density at radius 2 is 1.67 bits per heavy atom. The number of ether oxygens (including phenoxy) is 1. The molecular weight excluding hydrogens is 506 g/mol. The predicted molar refractivity (Wildman–Crippen MR) is 129 cm³/mol. The van der Waals surface area contributed by atoms with E-state index in [0.29, 0.717) is 12.2 Å². The van der Waals surface area contributed by atoms with Crippen LogP contribution >= 0.6 is 31.9 Å². The van der Waals surface area contributed by atoms with Crippen LogP contribution in [0.4, 0.5) is 5.69 Å². The molecule has 0 fully saturated rings. The third-order valence-electron chi connectivity index (χ3n) is 4.72. The van der Waals surface area contributed by atoms with E-state index in [4.69, 9.17) is 4.74 Å². The number of hydrogen-bond acceptors (Lipinski definition) is 2. The van der Waals surface area contributed by atoms with Crippen molar-refractivity contribution < 1.29 is 9.53 Å². The molecule has 30 heavy (non-hydrogen) atoms. The average molecular weight is 525 g/mol. The summed E-state index contributed by atoms with van der Waals surface area (Å²) in [5.74, 6) is 0.721. The highest BCUT2D eigenvalue weighted by Crippen LogP contribution is 2.38. The normalized spacial score (nSPS) is 14.9. The van der Waals surface area contributed by atoms with E-state index in [0.717, 1.165) is 37.2 Å². The van der Waals surface area contributed by atoms with E-state index in [1.165, 1.54) is 0 Å². The first kappa shape index (κ1) is 20.6. The SMILES string of the molecule is CCOc1ccc(/C=C2\C=C(c3ccccc3)N(c3ccccc3Br)C2=O)cc1Br. The molecule has 3 aromatic rings. The Morgan fingerprint density at radius 1 is 0.933 bits per heavy atom. The zero-order chi connectivity index (χ0) is 21.1. The molecule has 1 heterocycles. The molecule has 0 saturated carbocycles. The number of benzene rings is 3. The van der Waals surface area contributed by atoms with E-state index in [1.807, 2.05) is 91.9 Å². The summed E-state index contributed by atoms with van der Waals surface area (Å²) < 4.78 is 7.31. The van der Waals surface area contributed by atoms with Gasteiger partial charge in [0.25, 0.3) is 5.91 Å². The highest BCUT2D eigenvalue weighted by Gasteiger charge is 2.31. The van der Waals surface area contributed by atoms with Crippen LogP contribution in [0, 0.1) is 0 Å². The molecule has 0 aliphatic carbocycles. The third kappa shape index (κ3) is 4.13. The summed E-state index contributed by atoms with van der Waals surface area (Å²) in [6.07, 6.45) is 3.85. The number of anilines is 1. The highest BCUT2D eigenvalue weighted by atomic mass is 79.9. The molecule has 0 atom stereocenters. The van der Waals surface area contributed by atoms with Crippen molar-refractivity contribution in [2.45, 2.75) is 6.92 Å². The number of rotatable bonds is 5. The first-order valence-electron chi connectivity index (χ1n) is 9.58. The van der Waals surface area contributed by atoms with Crippen LogP contribution in [0.25, 0.3) is 11.8 Å².